The molecule has 10 heteroatoms. The van der Waals surface area contributed by atoms with Crippen molar-refractivity contribution in [1.82, 2.24) is 4.98 Å². The maximum atomic E-state index is 12.4. The van der Waals surface area contributed by atoms with Crippen LogP contribution >= 0.6 is 22.9 Å². The Labute approximate surface area is 165 Å². The highest BCUT2D eigenvalue weighted by molar-refractivity contribution is 7.92. The van der Waals surface area contributed by atoms with Crippen molar-refractivity contribution in [3.05, 3.63) is 47.5 Å². The number of anilines is 2. The number of nitrogens with one attached hydrogen (secondary N) is 1. The Kier molecular flexibility index (Phi) is 5.54. The molecule has 1 amide bonds. The van der Waals surface area contributed by atoms with Gasteiger partial charge in [0.25, 0.3) is 0 Å². The fraction of sp³-hybridized carbons (Fsp3) is 0.176. The highest BCUT2D eigenvalue weighted by Crippen LogP contribution is 2.29. The van der Waals surface area contributed by atoms with Gasteiger partial charge in [-0.05, 0) is 36.4 Å². The first-order valence-electron chi connectivity index (χ1n) is 7.74. The van der Waals surface area contributed by atoms with E-state index in [4.69, 9.17) is 16.3 Å². The molecule has 0 bridgehead atoms. The molecule has 0 atom stereocenters. The highest BCUT2D eigenvalue weighted by atomic mass is 35.5. The number of benzene rings is 2. The fourth-order valence-corrected chi connectivity index (χ4v) is 4.35. The van der Waals surface area contributed by atoms with Crippen LogP contribution in [-0.4, -0.2) is 39.2 Å². The van der Waals surface area contributed by atoms with E-state index in [2.05, 4.69) is 10.3 Å². The number of nitrogens with zero attached hydrogens (tertiary/aromatic N) is 2. The Morgan fingerprint density at radius 2 is 2.07 bits per heavy atom. The number of methoxy groups -OCH3 is 1. The summed E-state index contributed by atoms with van der Waals surface area (Å²) >= 11 is 7.21. The van der Waals surface area contributed by atoms with Gasteiger partial charge in [0.15, 0.2) is 5.13 Å². The van der Waals surface area contributed by atoms with Crippen LogP contribution in [0.5, 0.6) is 5.75 Å². The molecule has 1 heterocycles. The maximum absolute atomic E-state index is 12.4. The molecule has 2 aromatic carbocycles. The van der Waals surface area contributed by atoms with E-state index in [1.165, 1.54) is 17.4 Å². The molecule has 0 aliphatic carbocycles. The van der Waals surface area contributed by atoms with Crippen LogP contribution in [0.4, 0.5) is 10.8 Å². The first-order valence-corrected chi connectivity index (χ1v) is 10.8. The number of carbonyl (C=O) groups is 1. The Balaban J connectivity index is 1.80. The first kappa shape index (κ1) is 19.4. The molecule has 0 radical (unpaired) electrons. The van der Waals surface area contributed by atoms with Crippen molar-refractivity contribution in [3.63, 3.8) is 0 Å². The lowest BCUT2D eigenvalue weighted by molar-refractivity contribution is -0.114. The molecular weight excluding hydrogens is 410 g/mol. The molecule has 0 aliphatic rings. The van der Waals surface area contributed by atoms with Crippen molar-refractivity contribution in [3.8, 4) is 5.75 Å². The third kappa shape index (κ3) is 4.68. The number of hydrogen-bond acceptors (Lipinski definition) is 6. The number of aromatic nitrogens is 1. The van der Waals surface area contributed by atoms with Crippen molar-refractivity contribution >= 4 is 59.9 Å². The molecule has 1 N–H and O–H groups in total. The van der Waals surface area contributed by atoms with Crippen molar-refractivity contribution < 1.29 is 17.9 Å². The summed E-state index contributed by atoms with van der Waals surface area (Å²) in [5.41, 5.74) is 1.03. The van der Waals surface area contributed by atoms with Crippen molar-refractivity contribution in [2.75, 3.05) is 29.5 Å². The predicted octanol–water partition coefficient (Wildman–Crippen LogP) is 3.36. The topological polar surface area (TPSA) is 88.6 Å². The average molecular weight is 426 g/mol. The van der Waals surface area contributed by atoms with Crippen molar-refractivity contribution in [1.29, 1.82) is 0 Å². The molecule has 0 fully saturated rings. The normalized spacial score (nSPS) is 11.4. The van der Waals surface area contributed by atoms with Crippen LogP contribution in [-0.2, 0) is 14.8 Å². The predicted molar refractivity (Wildman–Crippen MR) is 108 cm³/mol. The second kappa shape index (κ2) is 7.71. The van der Waals surface area contributed by atoms with Crippen LogP contribution in [0, 0.1) is 0 Å². The fourth-order valence-electron chi connectivity index (χ4n) is 2.41. The molecular formula is C17H16ClN3O4S2. The maximum Gasteiger partial charge on any atom is 0.246 e. The lowest BCUT2D eigenvalue weighted by Crippen LogP contribution is -2.37. The van der Waals surface area contributed by atoms with E-state index in [-0.39, 0.29) is 0 Å². The SMILES string of the molecule is COc1ccc2nc(NC(=O)CN(c3cccc(Cl)c3)S(C)(=O)=O)sc2c1. The molecule has 1 aromatic heterocycles. The van der Waals surface area contributed by atoms with Crippen molar-refractivity contribution in [2.24, 2.45) is 0 Å². The smallest absolute Gasteiger partial charge is 0.246 e. The third-order valence-electron chi connectivity index (χ3n) is 3.63. The van der Waals surface area contributed by atoms with E-state index in [1.807, 2.05) is 6.07 Å². The van der Waals surface area contributed by atoms with E-state index >= 15 is 0 Å². The molecule has 3 rings (SSSR count). The summed E-state index contributed by atoms with van der Waals surface area (Å²) in [5.74, 6) is 0.180. The van der Waals surface area contributed by atoms with Crippen LogP contribution < -0.4 is 14.4 Å². The lowest BCUT2D eigenvalue weighted by atomic mass is 10.3. The monoisotopic (exact) mass is 425 g/mol. The zero-order valence-corrected chi connectivity index (χ0v) is 16.9. The molecule has 142 valence electrons. The number of ether oxygens (including phenoxy) is 1. The van der Waals surface area contributed by atoms with Crippen LogP contribution in [0.25, 0.3) is 10.2 Å². The van der Waals surface area contributed by atoms with Gasteiger partial charge in [-0.3, -0.25) is 9.10 Å². The quantitative estimate of drug-likeness (QED) is 0.654. The van der Waals surface area contributed by atoms with Gasteiger partial charge >= 0.3 is 0 Å². The van der Waals surface area contributed by atoms with Gasteiger partial charge in [0.1, 0.15) is 12.3 Å². The minimum absolute atomic E-state index is 0.314. The minimum Gasteiger partial charge on any atom is -0.497 e. The van der Waals surface area contributed by atoms with Crippen LogP contribution in [0.3, 0.4) is 0 Å². The van der Waals surface area contributed by atoms with Crippen LogP contribution in [0.2, 0.25) is 5.02 Å². The van der Waals surface area contributed by atoms with Gasteiger partial charge in [-0.15, -0.1) is 0 Å². The van der Waals surface area contributed by atoms with E-state index in [0.717, 1.165) is 15.3 Å². The molecule has 0 saturated carbocycles. The molecule has 0 unspecified atom stereocenters. The van der Waals surface area contributed by atoms with Gasteiger partial charge in [0.05, 0.1) is 29.3 Å². The van der Waals surface area contributed by atoms with Gasteiger partial charge in [-0.2, -0.15) is 0 Å². The summed E-state index contributed by atoms with van der Waals surface area (Å²) in [7, 11) is -2.11. The molecule has 0 saturated heterocycles. The number of fused-ring (bicyclic) bond motifs is 1. The second-order valence-corrected chi connectivity index (χ2v) is 9.02. The van der Waals surface area contributed by atoms with E-state index < -0.39 is 22.5 Å². The molecule has 27 heavy (non-hydrogen) atoms. The van der Waals surface area contributed by atoms with E-state index in [9.17, 15) is 13.2 Å². The number of carbonyl (C=O) groups excluding carboxylic acids is 1. The first-order chi connectivity index (χ1) is 12.8. The average Bonchev–Trinajstić information content (AvgIpc) is 2.99. The molecule has 0 spiro atoms. The summed E-state index contributed by atoms with van der Waals surface area (Å²) in [5, 5.41) is 3.40. The zero-order chi connectivity index (χ0) is 19.6. The third-order valence-corrected chi connectivity index (χ3v) is 5.93. The number of sulfonamides is 1. The van der Waals surface area contributed by atoms with Crippen molar-refractivity contribution in [2.45, 2.75) is 0 Å². The number of thiazole rings is 1. The Morgan fingerprint density at radius 1 is 1.30 bits per heavy atom. The summed E-state index contributed by atoms with van der Waals surface area (Å²) < 4.78 is 31.2. The molecule has 0 aliphatic heterocycles. The lowest BCUT2D eigenvalue weighted by Gasteiger charge is -2.21. The second-order valence-electron chi connectivity index (χ2n) is 5.65. The van der Waals surface area contributed by atoms with Gasteiger partial charge in [-0.1, -0.05) is 29.0 Å². The van der Waals surface area contributed by atoms with Gasteiger partial charge < -0.3 is 10.1 Å². The van der Waals surface area contributed by atoms with E-state index in [1.54, 1.807) is 37.4 Å². The summed E-state index contributed by atoms with van der Waals surface area (Å²) in [6, 6.07) is 11.7. The number of hydrogen-bond donors (Lipinski definition) is 1. The minimum atomic E-state index is -3.68. The van der Waals surface area contributed by atoms with Gasteiger partial charge in [0, 0.05) is 5.02 Å². The molecule has 3 aromatic rings. The summed E-state index contributed by atoms with van der Waals surface area (Å²) in [6.07, 6.45) is 1.03. The number of rotatable bonds is 6. The van der Waals surface area contributed by atoms with Crippen LogP contribution in [0.1, 0.15) is 0 Å². The number of halogens is 1. The number of amides is 1. The largest absolute Gasteiger partial charge is 0.497 e. The Hall–Kier alpha value is -2.36. The Morgan fingerprint density at radius 3 is 2.74 bits per heavy atom. The highest BCUT2D eigenvalue weighted by Gasteiger charge is 2.21. The van der Waals surface area contributed by atoms with E-state index in [0.29, 0.717) is 27.1 Å². The zero-order valence-electron chi connectivity index (χ0n) is 14.5. The molecule has 7 nitrogen and oxygen atoms in total. The summed E-state index contributed by atoms with van der Waals surface area (Å²) in [6.45, 7) is -0.390. The Bertz CT molecular complexity index is 1100. The van der Waals surface area contributed by atoms with Crippen LogP contribution in [0.15, 0.2) is 42.5 Å². The standard InChI is InChI=1S/C17H16ClN3O4S2/c1-25-13-6-7-14-15(9-13)26-17(19-14)20-16(22)10-21(27(2,23)24)12-5-3-4-11(18)8-12/h3-9H,10H2,1-2H3,(H,19,20,22). The van der Waals surface area contributed by atoms with Gasteiger partial charge in [-0.25, -0.2) is 13.4 Å². The summed E-state index contributed by atoms with van der Waals surface area (Å²) in [4.78, 5) is 16.7. The van der Waals surface area contributed by atoms with Gasteiger partial charge in [0.2, 0.25) is 15.9 Å².